The Bertz CT molecular complexity index is 902. The molecule has 2 amide bonds. The number of fused-ring (bicyclic) bond motifs is 2. The first-order valence-electron chi connectivity index (χ1n) is 10.2. The van der Waals surface area contributed by atoms with Crippen LogP contribution in [-0.2, 0) is 11.2 Å². The van der Waals surface area contributed by atoms with Crippen molar-refractivity contribution >= 4 is 29.0 Å². The van der Waals surface area contributed by atoms with Gasteiger partial charge in [0.05, 0.1) is 28.8 Å². The summed E-state index contributed by atoms with van der Waals surface area (Å²) in [5.74, 6) is 0.614. The number of nitrogens with one attached hydrogen (secondary N) is 1. The summed E-state index contributed by atoms with van der Waals surface area (Å²) in [5.41, 5.74) is 2.45. The second kappa shape index (κ2) is 8.31. The number of thiazole rings is 1. The molecule has 2 aromatic heterocycles. The first kappa shape index (κ1) is 20.7. The van der Waals surface area contributed by atoms with Crippen molar-refractivity contribution in [1.29, 1.82) is 0 Å². The number of carbonyl (C=O) groups is 2. The Morgan fingerprint density at radius 1 is 1.33 bits per heavy atom. The average Bonchev–Trinajstić information content (AvgIpc) is 3.47. The predicted octanol–water partition coefficient (Wildman–Crippen LogP) is 1.32. The van der Waals surface area contributed by atoms with Crippen LogP contribution in [0.15, 0.2) is 29.2 Å². The van der Waals surface area contributed by atoms with Crippen molar-refractivity contribution in [3.63, 3.8) is 0 Å². The van der Waals surface area contributed by atoms with Gasteiger partial charge in [0.25, 0.3) is 5.91 Å². The number of aliphatic hydroxyl groups excluding tert-OH is 1. The van der Waals surface area contributed by atoms with E-state index in [-0.39, 0.29) is 37.0 Å². The van der Waals surface area contributed by atoms with Crippen molar-refractivity contribution in [3.05, 3.63) is 40.5 Å². The number of aliphatic hydroxyl groups is 1. The molecule has 2 aliphatic heterocycles. The van der Waals surface area contributed by atoms with Crippen LogP contribution in [0, 0.1) is 5.41 Å². The highest BCUT2D eigenvalue weighted by Gasteiger charge is 2.61. The van der Waals surface area contributed by atoms with E-state index in [1.807, 2.05) is 35.3 Å². The Balaban J connectivity index is 1.63. The Morgan fingerprint density at radius 2 is 2.17 bits per heavy atom. The molecule has 4 rings (SSSR count). The highest BCUT2D eigenvalue weighted by Crippen LogP contribution is 2.52. The molecule has 0 spiro atoms. The quantitative estimate of drug-likeness (QED) is 0.689. The highest BCUT2D eigenvalue weighted by molar-refractivity contribution is 7.07. The molecule has 160 valence electrons. The van der Waals surface area contributed by atoms with Gasteiger partial charge in [-0.1, -0.05) is 0 Å². The molecule has 2 aliphatic rings. The van der Waals surface area contributed by atoms with E-state index in [9.17, 15) is 14.7 Å². The summed E-state index contributed by atoms with van der Waals surface area (Å²) in [6, 6.07) is 3.47. The normalized spacial score (nSPS) is 24.8. The molecule has 2 aromatic rings. The summed E-state index contributed by atoms with van der Waals surface area (Å²) >= 11 is 1.50. The van der Waals surface area contributed by atoms with E-state index in [0.717, 1.165) is 24.4 Å². The molecule has 9 heteroatoms. The fourth-order valence-electron chi connectivity index (χ4n) is 4.92. The number of rotatable bonds is 7. The minimum Gasteiger partial charge on any atom is -0.395 e. The van der Waals surface area contributed by atoms with Crippen molar-refractivity contribution in [2.45, 2.75) is 37.8 Å². The van der Waals surface area contributed by atoms with Crippen LogP contribution in [0.25, 0.3) is 0 Å². The van der Waals surface area contributed by atoms with Crippen LogP contribution in [0.4, 0.5) is 5.82 Å². The molecule has 2 saturated heterocycles. The van der Waals surface area contributed by atoms with Gasteiger partial charge in [0.1, 0.15) is 5.82 Å². The molecule has 4 heterocycles. The molecule has 0 saturated carbocycles. The maximum absolute atomic E-state index is 13.4. The maximum atomic E-state index is 13.4. The van der Waals surface area contributed by atoms with Crippen LogP contribution in [0.3, 0.4) is 0 Å². The van der Waals surface area contributed by atoms with Crippen molar-refractivity contribution in [1.82, 2.24) is 20.2 Å². The minimum atomic E-state index is -0.723. The molecule has 0 radical (unpaired) electrons. The minimum absolute atomic E-state index is 0.0227. The van der Waals surface area contributed by atoms with E-state index in [2.05, 4.69) is 15.3 Å². The largest absolute Gasteiger partial charge is 0.395 e. The summed E-state index contributed by atoms with van der Waals surface area (Å²) in [6.45, 7) is 0.0953. The van der Waals surface area contributed by atoms with Crippen LogP contribution in [0.2, 0.25) is 0 Å². The van der Waals surface area contributed by atoms with Crippen LogP contribution >= 0.6 is 11.3 Å². The number of carbonyl (C=O) groups excluding carboxylic acids is 2. The third kappa shape index (κ3) is 3.56. The first-order valence-corrected chi connectivity index (χ1v) is 11.1. The first-order chi connectivity index (χ1) is 14.5. The van der Waals surface area contributed by atoms with Gasteiger partial charge < -0.3 is 20.2 Å². The lowest BCUT2D eigenvalue weighted by atomic mass is 9.70. The average molecular weight is 430 g/mol. The van der Waals surface area contributed by atoms with Crippen LogP contribution in [0.5, 0.6) is 0 Å². The summed E-state index contributed by atoms with van der Waals surface area (Å²) in [7, 11) is 3.81. The van der Waals surface area contributed by atoms with E-state index in [1.54, 1.807) is 17.8 Å². The van der Waals surface area contributed by atoms with Gasteiger partial charge in [-0.05, 0) is 31.4 Å². The van der Waals surface area contributed by atoms with Crippen molar-refractivity contribution in [3.8, 4) is 0 Å². The Morgan fingerprint density at radius 3 is 2.80 bits per heavy atom. The molecular weight excluding hydrogens is 402 g/mol. The zero-order valence-corrected chi connectivity index (χ0v) is 18.1. The summed E-state index contributed by atoms with van der Waals surface area (Å²) < 4.78 is 0. The van der Waals surface area contributed by atoms with Gasteiger partial charge in [0.15, 0.2) is 0 Å². The number of nitrogens with zero attached hydrogens (tertiary/aromatic N) is 4. The lowest BCUT2D eigenvalue weighted by molar-refractivity contribution is -0.132. The standard InChI is InChI=1S/C21H27N5O3S/c1-25(2)18-6-3-14(11-23-18)19(28)26-16-4-5-17(26)21(10-16,20(29)22-7-8-27)9-15-12-30-13-24-15/h3,6,11-13,16-17,27H,4-5,7-10H2,1-2H3,(H,22,29)/t16-,17+,21+/m1/s1. The number of hydrogen-bond acceptors (Lipinski definition) is 7. The third-order valence-corrected chi connectivity index (χ3v) is 6.89. The van der Waals surface area contributed by atoms with Gasteiger partial charge in [-0.2, -0.15) is 0 Å². The zero-order valence-electron chi connectivity index (χ0n) is 17.2. The van der Waals surface area contributed by atoms with Crippen molar-refractivity contribution in [2.24, 2.45) is 5.41 Å². The second-order valence-corrected chi connectivity index (χ2v) is 8.97. The SMILES string of the molecule is CN(C)c1ccc(C(=O)N2[C@@H]3CC[C@H]2[C@@](Cc2cscn2)(C(=O)NCCO)C3)cn1. The lowest BCUT2D eigenvalue weighted by Crippen LogP contribution is -2.51. The van der Waals surface area contributed by atoms with Crippen LogP contribution in [0.1, 0.15) is 35.3 Å². The Hall–Kier alpha value is -2.52. The molecule has 2 fully saturated rings. The van der Waals surface area contributed by atoms with Gasteiger partial charge in [0, 0.05) is 50.7 Å². The van der Waals surface area contributed by atoms with Crippen molar-refractivity contribution < 1.29 is 14.7 Å². The fraction of sp³-hybridized carbons (Fsp3) is 0.524. The van der Waals surface area contributed by atoms with Crippen molar-refractivity contribution in [2.75, 3.05) is 32.1 Å². The monoisotopic (exact) mass is 429 g/mol. The van der Waals surface area contributed by atoms with Crippen LogP contribution in [-0.4, -0.2) is 71.1 Å². The van der Waals surface area contributed by atoms with Gasteiger partial charge in [-0.15, -0.1) is 11.3 Å². The molecule has 0 unspecified atom stereocenters. The molecule has 2 bridgehead atoms. The molecule has 0 aromatic carbocycles. The van der Waals surface area contributed by atoms with Gasteiger partial charge in [-0.25, -0.2) is 9.97 Å². The maximum Gasteiger partial charge on any atom is 0.255 e. The topological polar surface area (TPSA) is 98.7 Å². The smallest absolute Gasteiger partial charge is 0.255 e. The summed E-state index contributed by atoms with van der Waals surface area (Å²) in [6.07, 6.45) is 4.41. The number of anilines is 1. The molecule has 2 N–H and O–H groups in total. The van der Waals surface area contributed by atoms with E-state index in [1.165, 1.54) is 11.3 Å². The van der Waals surface area contributed by atoms with Gasteiger partial charge in [0.2, 0.25) is 5.91 Å². The number of hydrogen-bond donors (Lipinski definition) is 2. The lowest BCUT2D eigenvalue weighted by Gasteiger charge is -2.35. The molecular formula is C21H27N5O3S. The van der Waals surface area contributed by atoms with Gasteiger partial charge in [-0.3, -0.25) is 9.59 Å². The molecule has 8 nitrogen and oxygen atoms in total. The van der Waals surface area contributed by atoms with E-state index < -0.39 is 5.41 Å². The zero-order chi connectivity index (χ0) is 21.3. The molecule has 3 atom stereocenters. The number of amides is 2. The summed E-state index contributed by atoms with van der Waals surface area (Å²) in [4.78, 5) is 39.2. The second-order valence-electron chi connectivity index (χ2n) is 8.26. The van der Waals surface area contributed by atoms with E-state index >= 15 is 0 Å². The highest BCUT2D eigenvalue weighted by atomic mass is 32.1. The molecule has 0 aliphatic carbocycles. The number of aromatic nitrogens is 2. The van der Waals surface area contributed by atoms with E-state index in [0.29, 0.717) is 18.4 Å². The molecule has 30 heavy (non-hydrogen) atoms. The third-order valence-electron chi connectivity index (χ3n) is 6.26. The number of pyridine rings is 1. The Labute approximate surface area is 179 Å². The van der Waals surface area contributed by atoms with E-state index in [4.69, 9.17) is 0 Å². The van der Waals surface area contributed by atoms with Gasteiger partial charge >= 0.3 is 0 Å². The predicted molar refractivity (Wildman–Crippen MR) is 115 cm³/mol. The van der Waals surface area contributed by atoms with Crippen LogP contribution < -0.4 is 10.2 Å². The summed E-state index contributed by atoms with van der Waals surface area (Å²) in [5, 5.41) is 14.0. The Kier molecular flexibility index (Phi) is 5.75. The fourth-order valence-corrected chi connectivity index (χ4v) is 5.48.